The number of carbonyl (C=O) groups excluding carboxylic acids is 1. The largest absolute Gasteiger partial charge is 0.397 e. The van der Waals surface area contributed by atoms with E-state index in [0.717, 1.165) is 6.07 Å². The maximum atomic E-state index is 17.6. The Kier molecular flexibility index (Phi) is 8.98. The molecule has 2 unspecified atom stereocenters. The summed E-state index contributed by atoms with van der Waals surface area (Å²) in [6.07, 6.45) is 3.68. The smallest absolute Gasteiger partial charge is 0.261 e. The van der Waals surface area contributed by atoms with Crippen molar-refractivity contribution in [3.8, 4) is 16.8 Å². The summed E-state index contributed by atoms with van der Waals surface area (Å²) in [5, 5.41) is -0.257. The third-order valence-corrected chi connectivity index (χ3v) is 10.3. The van der Waals surface area contributed by atoms with Gasteiger partial charge in [-0.25, -0.2) is 18.7 Å². The van der Waals surface area contributed by atoms with Crippen molar-refractivity contribution < 1.29 is 13.6 Å². The number of hydrogen-bond acceptors (Lipinski definition) is 6. The van der Waals surface area contributed by atoms with Crippen LogP contribution in [0.15, 0.2) is 35.9 Å². The van der Waals surface area contributed by atoms with Crippen molar-refractivity contribution in [2.75, 3.05) is 23.7 Å². The molecule has 2 aliphatic rings. The van der Waals surface area contributed by atoms with Gasteiger partial charge in [0, 0.05) is 47.2 Å². The Morgan fingerprint density at radius 1 is 0.979 bits per heavy atom. The van der Waals surface area contributed by atoms with Gasteiger partial charge in [-0.2, -0.15) is 0 Å². The molecule has 1 amide bonds. The van der Waals surface area contributed by atoms with E-state index in [1.807, 2.05) is 34.6 Å². The van der Waals surface area contributed by atoms with Crippen LogP contribution in [-0.2, 0) is 11.2 Å². The Morgan fingerprint density at radius 2 is 1.62 bits per heavy atom. The van der Waals surface area contributed by atoms with Crippen molar-refractivity contribution >= 4 is 63.0 Å². The topological polar surface area (TPSA) is 97.4 Å². The first-order valence-corrected chi connectivity index (χ1v) is 16.9. The number of benzene rings is 2. The number of carbonyl (C=O) groups is 1. The molecule has 4 heterocycles. The lowest BCUT2D eigenvalue weighted by atomic mass is 9.89. The molecule has 2 aromatic heterocycles. The second kappa shape index (κ2) is 12.6. The molecule has 0 bridgehead atoms. The zero-order valence-corrected chi connectivity index (χ0v) is 29.4. The number of hydrogen-bond donors (Lipinski definition) is 1. The highest BCUT2D eigenvalue weighted by atomic mass is 35.5. The summed E-state index contributed by atoms with van der Waals surface area (Å²) in [5.41, 5.74) is 7.07. The summed E-state index contributed by atoms with van der Waals surface area (Å²) in [7, 11) is 0. The molecule has 13 heteroatoms. The minimum Gasteiger partial charge on any atom is -0.397 e. The molecule has 252 valence electrons. The monoisotopic (exact) mass is 714 g/mol. The molecular weight excluding hydrogens is 681 g/mol. The van der Waals surface area contributed by atoms with Crippen molar-refractivity contribution in [1.82, 2.24) is 19.4 Å². The van der Waals surface area contributed by atoms with E-state index in [4.69, 9.17) is 40.5 Å². The highest BCUT2D eigenvalue weighted by molar-refractivity contribution is 6.38. The van der Waals surface area contributed by atoms with Crippen LogP contribution < -0.4 is 16.2 Å². The number of amides is 1. The third-order valence-electron chi connectivity index (χ3n) is 9.39. The van der Waals surface area contributed by atoms with Gasteiger partial charge >= 0.3 is 0 Å². The Bertz CT molecular complexity index is 2030. The summed E-state index contributed by atoms with van der Waals surface area (Å²) in [4.78, 5) is 40.6. The molecule has 0 saturated carbocycles. The third kappa shape index (κ3) is 5.24. The number of aromatic nitrogens is 3. The van der Waals surface area contributed by atoms with E-state index in [9.17, 15) is 9.59 Å². The quantitative estimate of drug-likeness (QED) is 0.128. The minimum atomic E-state index is -1.00. The van der Waals surface area contributed by atoms with E-state index in [0.29, 0.717) is 59.6 Å². The van der Waals surface area contributed by atoms with E-state index in [-0.39, 0.29) is 61.7 Å². The summed E-state index contributed by atoms with van der Waals surface area (Å²) in [6.45, 7) is 14.1. The van der Waals surface area contributed by atoms with Crippen LogP contribution in [0.5, 0.6) is 0 Å². The molecule has 48 heavy (non-hydrogen) atoms. The number of piperazine rings is 1. The van der Waals surface area contributed by atoms with Crippen LogP contribution in [-0.4, -0.2) is 50.5 Å². The van der Waals surface area contributed by atoms with Gasteiger partial charge in [0.05, 0.1) is 49.0 Å². The first kappa shape index (κ1) is 34.1. The zero-order chi connectivity index (χ0) is 34.9. The summed E-state index contributed by atoms with van der Waals surface area (Å²) < 4.78 is 34.7. The predicted molar refractivity (Wildman–Crippen MR) is 189 cm³/mol. The number of rotatable bonds is 5. The Balaban J connectivity index is 1.79. The van der Waals surface area contributed by atoms with E-state index in [2.05, 4.69) is 21.4 Å². The van der Waals surface area contributed by atoms with Crippen LogP contribution in [0, 0.1) is 11.6 Å². The molecule has 2 aromatic carbocycles. The number of nitrogens with zero attached hydrogens (tertiary/aromatic N) is 5. The first-order chi connectivity index (χ1) is 22.7. The van der Waals surface area contributed by atoms with Crippen molar-refractivity contribution in [2.24, 2.45) is 0 Å². The number of pyridine rings is 1. The van der Waals surface area contributed by atoms with Crippen LogP contribution in [0.1, 0.15) is 69.8 Å². The van der Waals surface area contributed by atoms with Gasteiger partial charge in [-0.1, -0.05) is 69.1 Å². The molecule has 2 atom stereocenters. The van der Waals surface area contributed by atoms with Gasteiger partial charge in [-0.05, 0) is 49.8 Å². The molecule has 8 nitrogen and oxygen atoms in total. The van der Waals surface area contributed by atoms with Crippen LogP contribution in [0.3, 0.4) is 0 Å². The molecule has 6 rings (SSSR count). The van der Waals surface area contributed by atoms with Crippen LogP contribution in [0.4, 0.5) is 20.2 Å². The van der Waals surface area contributed by atoms with Gasteiger partial charge in [-0.15, -0.1) is 0 Å². The van der Waals surface area contributed by atoms with Crippen molar-refractivity contribution in [3.05, 3.63) is 85.1 Å². The van der Waals surface area contributed by atoms with Crippen molar-refractivity contribution in [3.63, 3.8) is 0 Å². The maximum absolute atomic E-state index is 17.6. The van der Waals surface area contributed by atoms with Crippen molar-refractivity contribution in [2.45, 2.75) is 71.4 Å². The van der Waals surface area contributed by atoms with Gasteiger partial charge in [0.25, 0.3) is 5.56 Å². The number of nitrogen functional groups attached to an aromatic ring is 1. The highest BCUT2D eigenvalue weighted by Gasteiger charge is 2.40. The van der Waals surface area contributed by atoms with E-state index >= 15 is 8.78 Å². The average Bonchev–Trinajstić information content (AvgIpc) is 3.04. The van der Waals surface area contributed by atoms with E-state index < -0.39 is 22.8 Å². The molecule has 1 saturated heterocycles. The summed E-state index contributed by atoms with van der Waals surface area (Å²) in [6, 6.07) is 2.29. The maximum Gasteiger partial charge on any atom is 0.261 e. The van der Waals surface area contributed by atoms with Gasteiger partial charge < -0.3 is 15.5 Å². The lowest BCUT2D eigenvalue weighted by Gasteiger charge is -2.49. The Labute approximate surface area is 292 Å². The molecular formula is C35H35Cl3F2N6O2. The standard InChI is InChI=1S/C35H35Cl3F2N6O2/c1-7-24(47)44-13-18-8-9-19-32(45(18)12-17(44)6)20-10-21(36)25(26-27(39)22(37)11-23(38)29(26)41)28(40)33(20)46(35(19)48)34-30(15(2)3)42-14-43-31(34)16(4)5/h7,10-11,14-18H,1,8-9,12-13,41H2,2-6H3. The number of anilines is 2. The fraction of sp³-hybridized carbons (Fsp3) is 0.371. The van der Waals surface area contributed by atoms with Crippen LogP contribution in [0.2, 0.25) is 15.1 Å². The first-order valence-electron chi connectivity index (χ1n) is 15.8. The zero-order valence-electron chi connectivity index (χ0n) is 27.2. The fourth-order valence-electron chi connectivity index (χ4n) is 7.13. The SMILES string of the molecule is C=CC(=O)N1CC2CCc3c(c4cc(Cl)c(-c5c(N)c(Cl)cc(Cl)c5F)c(F)c4n(-c4c(C(C)C)ncnc4C(C)C)c3=O)N2CC1C. The lowest BCUT2D eigenvalue weighted by molar-refractivity contribution is -0.129. The van der Waals surface area contributed by atoms with Gasteiger partial charge in [0.2, 0.25) is 5.91 Å². The molecule has 4 aromatic rings. The molecule has 0 spiro atoms. The van der Waals surface area contributed by atoms with Crippen molar-refractivity contribution in [1.29, 1.82) is 0 Å². The van der Waals surface area contributed by atoms with Gasteiger partial charge in [0.1, 0.15) is 6.33 Å². The summed E-state index contributed by atoms with van der Waals surface area (Å²) in [5.74, 6) is -2.51. The number of halogens is 5. The second-order valence-corrected chi connectivity index (χ2v) is 14.3. The lowest BCUT2D eigenvalue weighted by Crippen LogP contribution is -2.60. The van der Waals surface area contributed by atoms with Gasteiger partial charge in [-0.3, -0.25) is 14.2 Å². The molecule has 2 N–H and O–H groups in total. The average molecular weight is 716 g/mol. The second-order valence-electron chi connectivity index (χ2n) is 13.0. The number of nitrogens with two attached hydrogens (primary N) is 1. The molecule has 1 fully saturated rings. The van der Waals surface area contributed by atoms with Crippen LogP contribution in [0.25, 0.3) is 27.7 Å². The van der Waals surface area contributed by atoms with E-state index in [1.165, 1.54) is 17.0 Å². The Morgan fingerprint density at radius 3 is 2.23 bits per heavy atom. The molecule has 2 aliphatic heterocycles. The number of fused-ring (bicyclic) bond motifs is 5. The Hall–Kier alpha value is -3.73. The highest BCUT2D eigenvalue weighted by Crippen LogP contribution is 2.48. The minimum absolute atomic E-state index is 0.0841. The van der Waals surface area contributed by atoms with E-state index in [1.54, 1.807) is 11.0 Å². The van der Waals surface area contributed by atoms with Crippen LogP contribution >= 0.6 is 34.8 Å². The molecule has 0 aliphatic carbocycles. The van der Waals surface area contributed by atoms with Gasteiger partial charge in [0.15, 0.2) is 11.6 Å². The molecule has 0 radical (unpaired) electrons. The fourth-order valence-corrected chi connectivity index (χ4v) is 7.88. The normalized spacial score (nSPS) is 17.7. The summed E-state index contributed by atoms with van der Waals surface area (Å²) >= 11 is 19.3. The predicted octanol–water partition coefficient (Wildman–Crippen LogP) is 8.05.